The number of alkyl halides is 3. The minimum atomic E-state index is -4.38. The van der Waals surface area contributed by atoms with Crippen molar-refractivity contribution in [2.24, 2.45) is 11.7 Å². The molecule has 188 valence electrons. The van der Waals surface area contributed by atoms with Crippen molar-refractivity contribution in [2.75, 3.05) is 42.9 Å². The van der Waals surface area contributed by atoms with Crippen LogP contribution in [0.15, 0.2) is 40.1 Å². The summed E-state index contributed by atoms with van der Waals surface area (Å²) in [4.78, 5) is 4.17. The Balaban J connectivity index is 0.00000324. The lowest BCUT2D eigenvalue weighted by molar-refractivity contribution is -0.137. The van der Waals surface area contributed by atoms with Gasteiger partial charge in [-0.05, 0) is 67.6 Å². The van der Waals surface area contributed by atoms with E-state index in [1.54, 1.807) is 0 Å². The normalized spacial score (nSPS) is 19.4. The average Bonchev–Trinajstić information content (AvgIpc) is 3.11. The molecule has 0 spiro atoms. The van der Waals surface area contributed by atoms with E-state index in [9.17, 15) is 13.2 Å². The Bertz CT molecular complexity index is 985. The minimum Gasteiger partial charge on any atom is -0.385 e. The van der Waals surface area contributed by atoms with E-state index >= 15 is 0 Å². The molecule has 4 N–H and O–H groups in total. The number of anilines is 2. The number of nitrogens with one attached hydrogen (secondary N) is 2. The summed E-state index contributed by atoms with van der Waals surface area (Å²) < 4.78 is 40.9. The molecule has 2 aliphatic rings. The van der Waals surface area contributed by atoms with Crippen LogP contribution in [0.2, 0.25) is 0 Å². The number of hydrogen-bond donors (Lipinski definition) is 3. The first kappa shape index (κ1) is 27.0. The first-order chi connectivity index (χ1) is 15.8. The highest BCUT2D eigenvalue weighted by Crippen LogP contribution is 2.46. The van der Waals surface area contributed by atoms with E-state index in [2.05, 4.69) is 47.6 Å². The number of halogens is 4. The summed E-state index contributed by atoms with van der Waals surface area (Å²) in [7, 11) is 0. The summed E-state index contributed by atoms with van der Waals surface area (Å²) in [6, 6.07) is 9.52. The molecule has 0 saturated carbocycles. The number of nitrogens with two attached hydrogens (primary N) is 1. The zero-order valence-electron chi connectivity index (χ0n) is 19.7. The fourth-order valence-electron chi connectivity index (χ4n) is 4.84. The standard InChI is InChI=1S/C25H33F3N4S.ClH/c1-16-10-17(2)32(15-16)20-5-4-18-11-21-22(31-8-3-7-30-9-6-29)12-19(25(26,27)28)13-24(21)33-23(18)14-20;/h4-5,12-14,16-17,30-31H,3,6-11,15,29H2,1-2H3;1H. The van der Waals surface area contributed by atoms with Crippen LogP contribution in [0.3, 0.4) is 0 Å². The lowest BCUT2D eigenvalue weighted by atomic mass is 9.99. The lowest BCUT2D eigenvalue weighted by Gasteiger charge is -2.28. The van der Waals surface area contributed by atoms with Crippen LogP contribution < -0.4 is 21.3 Å². The summed E-state index contributed by atoms with van der Waals surface area (Å²) in [6.45, 7) is 8.22. The Morgan fingerprint density at radius 3 is 2.56 bits per heavy atom. The first-order valence-corrected chi connectivity index (χ1v) is 12.5. The van der Waals surface area contributed by atoms with Crippen molar-refractivity contribution in [3.63, 3.8) is 0 Å². The maximum atomic E-state index is 13.6. The van der Waals surface area contributed by atoms with Gasteiger partial charge in [-0.15, -0.1) is 12.4 Å². The Morgan fingerprint density at radius 2 is 1.88 bits per heavy atom. The molecule has 2 aromatic rings. The number of benzene rings is 2. The van der Waals surface area contributed by atoms with Crippen molar-refractivity contribution in [3.05, 3.63) is 47.0 Å². The van der Waals surface area contributed by atoms with Crippen molar-refractivity contribution in [1.29, 1.82) is 0 Å². The molecule has 1 fully saturated rings. The van der Waals surface area contributed by atoms with Gasteiger partial charge in [0.05, 0.1) is 5.56 Å². The van der Waals surface area contributed by atoms with Gasteiger partial charge in [0.25, 0.3) is 0 Å². The maximum Gasteiger partial charge on any atom is 0.416 e. The topological polar surface area (TPSA) is 53.3 Å². The first-order valence-electron chi connectivity index (χ1n) is 11.7. The molecule has 2 atom stereocenters. The van der Waals surface area contributed by atoms with E-state index in [4.69, 9.17) is 5.73 Å². The average molecular weight is 515 g/mol. The van der Waals surface area contributed by atoms with E-state index in [-0.39, 0.29) is 12.4 Å². The van der Waals surface area contributed by atoms with Crippen molar-refractivity contribution in [3.8, 4) is 0 Å². The van der Waals surface area contributed by atoms with Crippen LogP contribution >= 0.6 is 24.2 Å². The van der Waals surface area contributed by atoms with Gasteiger partial charge in [-0.25, -0.2) is 0 Å². The molecule has 0 radical (unpaired) electrons. The maximum absolute atomic E-state index is 13.6. The zero-order chi connectivity index (χ0) is 23.6. The van der Waals surface area contributed by atoms with Crippen LogP contribution in [-0.2, 0) is 12.6 Å². The van der Waals surface area contributed by atoms with Gasteiger partial charge in [0, 0.05) is 59.8 Å². The largest absolute Gasteiger partial charge is 0.416 e. The third kappa shape index (κ3) is 6.14. The van der Waals surface area contributed by atoms with Crippen LogP contribution in [0.4, 0.5) is 24.5 Å². The van der Waals surface area contributed by atoms with E-state index in [0.717, 1.165) is 42.2 Å². The Hall–Kier alpha value is -1.61. The number of nitrogens with zero attached hydrogens (tertiary/aromatic N) is 1. The van der Waals surface area contributed by atoms with Crippen molar-refractivity contribution < 1.29 is 13.2 Å². The molecule has 2 unspecified atom stereocenters. The predicted molar refractivity (Wildman–Crippen MR) is 138 cm³/mol. The van der Waals surface area contributed by atoms with Gasteiger partial charge in [0.2, 0.25) is 0 Å². The molecule has 2 aliphatic heterocycles. The quantitative estimate of drug-likeness (QED) is 0.333. The molecule has 0 bridgehead atoms. The summed E-state index contributed by atoms with van der Waals surface area (Å²) in [5, 5.41) is 6.48. The number of fused-ring (bicyclic) bond motifs is 2. The van der Waals surface area contributed by atoms with Gasteiger partial charge in [-0.3, -0.25) is 0 Å². The van der Waals surface area contributed by atoms with E-state index in [0.29, 0.717) is 42.1 Å². The van der Waals surface area contributed by atoms with Crippen LogP contribution in [-0.4, -0.2) is 38.8 Å². The molecule has 9 heteroatoms. The zero-order valence-corrected chi connectivity index (χ0v) is 21.3. The molecule has 4 rings (SSSR count). The molecule has 1 saturated heterocycles. The molecule has 34 heavy (non-hydrogen) atoms. The Kier molecular flexibility index (Phi) is 9.06. The van der Waals surface area contributed by atoms with Crippen LogP contribution in [0.25, 0.3) is 0 Å². The fourth-order valence-corrected chi connectivity index (χ4v) is 6.01. The second kappa shape index (κ2) is 11.4. The van der Waals surface area contributed by atoms with Gasteiger partial charge in [-0.1, -0.05) is 24.8 Å². The third-order valence-corrected chi connectivity index (χ3v) is 7.64. The fraction of sp³-hybridized carbons (Fsp3) is 0.520. The molecule has 4 nitrogen and oxygen atoms in total. The highest BCUT2D eigenvalue weighted by atomic mass is 35.5. The van der Waals surface area contributed by atoms with E-state index in [1.165, 1.54) is 35.9 Å². The van der Waals surface area contributed by atoms with Crippen LogP contribution in [0.1, 0.15) is 43.4 Å². The monoisotopic (exact) mass is 514 g/mol. The van der Waals surface area contributed by atoms with Crippen LogP contribution in [0.5, 0.6) is 0 Å². The van der Waals surface area contributed by atoms with E-state index in [1.807, 2.05) is 0 Å². The Labute approximate surface area is 210 Å². The van der Waals surface area contributed by atoms with Gasteiger partial charge < -0.3 is 21.3 Å². The molecule has 0 amide bonds. The third-order valence-electron chi connectivity index (χ3n) is 6.46. The van der Waals surface area contributed by atoms with Gasteiger partial charge >= 0.3 is 6.18 Å². The van der Waals surface area contributed by atoms with Crippen molar-refractivity contribution in [1.82, 2.24) is 5.32 Å². The molecular weight excluding hydrogens is 481 g/mol. The second-order valence-electron chi connectivity index (χ2n) is 9.23. The summed E-state index contributed by atoms with van der Waals surface area (Å²) in [5.41, 5.74) is 8.75. The summed E-state index contributed by atoms with van der Waals surface area (Å²) in [6.07, 6.45) is -1.77. The molecule has 0 aliphatic carbocycles. The molecule has 0 aromatic heterocycles. The second-order valence-corrected chi connectivity index (χ2v) is 10.3. The van der Waals surface area contributed by atoms with Gasteiger partial charge in [0.1, 0.15) is 0 Å². The Morgan fingerprint density at radius 1 is 1.09 bits per heavy atom. The summed E-state index contributed by atoms with van der Waals surface area (Å²) in [5.74, 6) is 0.651. The highest BCUT2D eigenvalue weighted by molar-refractivity contribution is 7.99. The van der Waals surface area contributed by atoms with Crippen molar-refractivity contribution >= 4 is 35.5 Å². The smallest absolute Gasteiger partial charge is 0.385 e. The van der Waals surface area contributed by atoms with Gasteiger partial charge in [0.15, 0.2) is 0 Å². The van der Waals surface area contributed by atoms with Crippen LogP contribution in [0, 0.1) is 5.92 Å². The molecular formula is C25H34ClF3N4S. The SMILES string of the molecule is CC1CC(C)N(c2ccc3c(c2)Sc2cc(C(F)(F)F)cc(NCCCNCCN)c2C3)C1.Cl. The summed E-state index contributed by atoms with van der Waals surface area (Å²) >= 11 is 1.46. The highest BCUT2D eigenvalue weighted by Gasteiger charge is 2.34. The van der Waals surface area contributed by atoms with E-state index < -0.39 is 11.7 Å². The molecule has 2 heterocycles. The number of rotatable bonds is 8. The predicted octanol–water partition coefficient (Wildman–Crippen LogP) is 5.77. The minimum absolute atomic E-state index is 0. The van der Waals surface area contributed by atoms with Crippen molar-refractivity contribution in [2.45, 2.75) is 55.1 Å². The molecule has 2 aromatic carbocycles. The lowest BCUT2D eigenvalue weighted by Crippen LogP contribution is -2.26. The number of hydrogen-bond acceptors (Lipinski definition) is 5. The van der Waals surface area contributed by atoms with Gasteiger partial charge in [-0.2, -0.15) is 13.2 Å².